The molecule has 2 heterocycles. The van der Waals surface area contributed by atoms with Gasteiger partial charge in [-0.05, 0) is 36.4 Å². The Hall–Kier alpha value is -4.18. The molecule has 1 atom stereocenters. The van der Waals surface area contributed by atoms with Crippen LogP contribution < -0.4 is 15.0 Å². The molecule has 0 saturated carbocycles. The van der Waals surface area contributed by atoms with Crippen molar-refractivity contribution in [3.05, 3.63) is 72.7 Å². The number of nitrogens with one attached hydrogen (secondary N) is 1. The summed E-state index contributed by atoms with van der Waals surface area (Å²) in [6.07, 6.45) is 1.46. The summed E-state index contributed by atoms with van der Waals surface area (Å²) < 4.78 is 17.5. The number of benzene rings is 2. The van der Waals surface area contributed by atoms with Crippen LogP contribution in [0.2, 0.25) is 0 Å². The van der Waals surface area contributed by atoms with Gasteiger partial charge in [0.25, 0.3) is 5.91 Å². The third-order valence-electron chi connectivity index (χ3n) is 5.23. The van der Waals surface area contributed by atoms with Crippen LogP contribution in [0.5, 0.6) is 5.75 Å². The minimum absolute atomic E-state index is 0.139. The fraction of sp³-hybridized carbons (Fsp3) is 0.250. The van der Waals surface area contributed by atoms with Gasteiger partial charge in [0.2, 0.25) is 5.91 Å². The third-order valence-corrected chi connectivity index (χ3v) is 5.23. The molecule has 0 bridgehead atoms. The SMILES string of the molecule is COCCNC(=O)[C@H](c1ccco1)N(C(=O)Cn1nnc2ccccc21)c1cccc(OC)c1. The van der Waals surface area contributed by atoms with Crippen molar-refractivity contribution >= 4 is 28.5 Å². The predicted molar refractivity (Wildman–Crippen MR) is 124 cm³/mol. The number of fused-ring (bicyclic) bond motifs is 1. The van der Waals surface area contributed by atoms with E-state index in [-0.39, 0.29) is 19.0 Å². The Kier molecular flexibility index (Phi) is 7.19. The van der Waals surface area contributed by atoms with Crippen LogP contribution in [0.4, 0.5) is 5.69 Å². The second kappa shape index (κ2) is 10.6. The summed E-state index contributed by atoms with van der Waals surface area (Å²) in [5, 5.41) is 11.1. The van der Waals surface area contributed by atoms with Crippen LogP contribution in [0.25, 0.3) is 11.0 Å². The summed E-state index contributed by atoms with van der Waals surface area (Å²) in [7, 11) is 3.08. The highest BCUT2D eigenvalue weighted by molar-refractivity contribution is 6.01. The van der Waals surface area contributed by atoms with Crippen LogP contribution in [0.1, 0.15) is 11.8 Å². The number of hydrogen-bond donors (Lipinski definition) is 1. The predicted octanol–water partition coefficient (Wildman–Crippen LogP) is 2.57. The molecule has 10 nitrogen and oxygen atoms in total. The van der Waals surface area contributed by atoms with E-state index >= 15 is 0 Å². The zero-order chi connectivity index (χ0) is 23.9. The molecule has 34 heavy (non-hydrogen) atoms. The van der Waals surface area contributed by atoms with E-state index in [1.807, 2.05) is 24.3 Å². The Balaban J connectivity index is 1.75. The van der Waals surface area contributed by atoms with Gasteiger partial charge < -0.3 is 19.2 Å². The molecule has 0 aliphatic heterocycles. The van der Waals surface area contributed by atoms with Crippen LogP contribution in [-0.4, -0.2) is 54.2 Å². The summed E-state index contributed by atoms with van der Waals surface area (Å²) >= 11 is 0. The molecule has 0 unspecified atom stereocenters. The number of amides is 2. The van der Waals surface area contributed by atoms with Crippen LogP contribution in [0, 0.1) is 0 Å². The van der Waals surface area contributed by atoms with E-state index in [0.717, 1.165) is 0 Å². The van der Waals surface area contributed by atoms with Crippen molar-refractivity contribution in [2.24, 2.45) is 0 Å². The van der Waals surface area contributed by atoms with Crippen LogP contribution in [-0.2, 0) is 20.9 Å². The Morgan fingerprint density at radius 1 is 1.12 bits per heavy atom. The van der Waals surface area contributed by atoms with Gasteiger partial charge >= 0.3 is 0 Å². The van der Waals surface area contributed by atoms with Crippen LogP contribution in [0.15, 0.2) is 71.3 Å². The highest BCUT2D eigenvalue weighted by atomic mass is 16.5. The first-order chi connectivity index (χ1) is 16.6. The van der Waals surface area contributed by atoms with E-state index in [0.29, 0.717) is 34.8 Å². The van der Waals surface area contributed by atoms with Crippen molar-refractivity contribution in [1.29, 1.82) is 0 Å². The largest absolute Gasteiger partial charge is 0.497 e. The van der Waals surface area contributed by atoms with Gasteiger partial charge in [0.05, 0.1) is 25.5 Å². The topological polar surface area (TPSA) is 112 Å². The lowest BCUT2D eigenvalue weighted by atomic mass is 10.1. The average Bonchev–Trinajstić information content (AvgIpc) is 3.53. The molecule has 176 valence electrons. The number of furan rings is 1. The number of anilines is 1. The molecule has 2 aromatic heterocycles. The van der Waals surface area contributed by atoms with Gasteiger partial charge in [-0.1, -0.05) is 23.4 Å². The van der Waals surface area contributed by atoms with Gasteiger partial charge in [-0.2, -0.15) is 0 Å². The molecule has 0 radical (unpaired) electrons. The molecule has 4 aromatic rings. The zero-order valence-electron chi connectivity index (χ0n) is 18.9. The number of para-hydroxylation sites is 1. The quantitative estimate of drug-likeness (QED) is 0.360. The van der Waals surface area contributed by atoms with E-state index in [2.05, 4.69) is 15.6 Å². The molecule has 2 aromatic carbocycles. The molecular formula is C24H25N5O5. The molecule has 0 aliphatic rings. The van der Waals surface area contributed by atoms with Gasteiger partial charge in [-0.15, -0.1) is 5.10 Å². The molecule has 0 aliphatic carbocycles. The summed E-state index contributed by atoms with van der Waals surface area (Å²) in [5.41, 5.74) is 1.85. The molecule has 0 spiro atoms. The standard InChI is InChI=1S/C24H25N5O5/c1-32-14-12-25-24(31)23(21-11-6-13-34-21)29(17-7-5-8-18(15-17)33-2)22(30)16-28-20-10-4-3-9-19(20)26-27-28/h3-11,13,15,23H,12,14,16H2,1-2H3,(H,25,31)/t23-/m0/s1. The second-order valence-electron chi connectivity index (χ2n) is 7.40. The Morgan fingerprint density at radius 3 is 2.74 bits per heavy atom. The fourth-order valence-corrected chi connectivity index (χ4v) is 3.63. The normalized spacial score (nSPS) is 11.8. The van der Waals surface area contributed by atoms with Gasteiger partial charge in [-0.25, -0.2) is 4.68 Å². The second-order valence-corrected chi connectivity index (χ2v) is 7.40. The van der Waals surface area contributed by atoms with Crippen LogP contribution in [0.3, 0.4) is 0 Å². The Morgan fingerprint density at radius 2 is 1.97 bits per heavy atom. The number of methoxy groups -OCH3 is 2. The Labute approximate surface area is 196 Å². The first-order valence-electron chi connectivity index (χ1n) is 10.7. The van der Waals surface area contributed by atoms with Crippen molar-refractivity contribution in [2.45, 2.75) is 12.6 Å². The zero-order valence-corrected chi connectivity index (χ0v) is 18.9. The molecule has 1 N–H and O–H groups in total. The number of ether oxygens (including phenoxy) is 2. The maximum atomic E-state index is 13.8. The van der Waals surface area contributed by atoms with E-state index in [9.17, 15) is 9.59 Å². The van der Waals surface area contributed by atoms with Crippen LogP contribution >= 0.6 is 0 Å². The maximum absolute atomic E-state index is 13.8. The fourth-order valence-electron chi connectivity index (χ4n) is 3.63. The van der Waals surface area contributed by atoms with E-state index in [1.165, 1.54) is 23.0 Å². The number of carbonyl (C=O) groups excluding carboxylic acids is 2. The monoisotopic (exact) mass is 463 g/mol. The van der Waals surface area contributed by atoms with E-state index < -0.39 is 11.9 Å². The molecule has 0 saturated heterocycles. The summed E-state index contributed by atoms with van der Waals surface area (Å²) in [6, 6.07) is 16.5. The summed E-state index contributed by atoms with van der Waals surface area (Å²) in [6.45, 7) is 0.468. The lowest BCUT2D eigenvalue weighted by Crippen LogP contribution is -2.45. The number of nitrogens with zero attached hydrogens (tertiary/aromatic N) is 4. The minimum atomic E-state index is -1.07. The van der Waals surface area contributed by atoms with Crippen molar-refractivity contribution in [3.63, 3.8) is 0 Å². The minimum Gasteiger partial charge on any atom is -0.497 e. The lowest BCUT2D eigenvalue weighted by molar-refractivity contribution is -0.127. The molecule has 2 amide bonds. The van der Waals surface area contributed by atoms with E-state index in [4.69, 9.17) is 13.9 Å². The number of hydrogen-bond acceptors (Lipinski definition) is 7. The first kappa shape index (κ1) is 23.0. The van der Waals surface area contributed by atoms with Gasteiger partial charge in [0, 0.05) is 25.4 Å². The first-order valence-corrected chi connectivity index (χ1v) is 10.7. The third kappa shape index (κ3) is 4.91. The number of carbonyl (C=O) groups is 2. The van der Waals surface area contributed by atoms with Gasteiger partial charge in [0.15, 0.2) is 6.04 Å². The molecule has 0 fully saturated rings. The Bertz CT molecular complexity index is 1250. The smallest absolute Gasteiger partial charge is 0.251 e. The molecule has 10 heteroatoms. The van der Waals surface area contributed by atoms with Gasteiger partial charge in [0.1, 0.15) is 23.6 Å². The maximum Gasteiger partial charge on any atom is 0.251 e. The highest BCUT2D eigenvalue weighted by Crippen LogP contribution is 2.31. The van der Waals surface area contributed by atoms with E-state index in [1.54, 1.807) is 43.5 Å². The lowest BCUT2D eigenvalue weighted by Gasteiger charge is -2.30. The van der Waals surface area contributed by atoms with Crippen molar-refractivity contribution in [3.8, 4) is 5.75 Å². The van der Waals surface area contributed by atoms with Crippen molar-refractivity contribution in [1.82, 2.24) is 20.3 Å². The van der Waals surface area contributed by atoms with Gasteiger partial charge in [-0.3, -0.25) is 14.5 Å². The van der Waals surface area contributed by atoms with Crippen molar-refractivity contribution < 1.29 is 23.5 Å². The molecular weight excluding hydrogens is 438 g/mol. The number of rotatable bonds is 10. The van der Waals surface area contributed by atoms with Crippen molar-refractivity contribution in [2.75, 3.05) is 32.3 Å². The molecule has 4 rings (SSSR count). The highest BCUT2D eigenvalue weighted by Gasteiger charge is 2.35. The number of aromatic nitrogens is 3. The summed E-state index contributed by atoms with van der Waals surface area (Å²) in [5.74, 6) is 0.0628. The summed E-state index contributed by atoms with van der Waals surface area (Å²) in [4.78, 5) is 28.5. The average molecular weight is 463 g/mol.